The van der Waals surface area contributed by atoms with Gasteiger partial charge in [-0.15, -0.1) is 11.3 Å². The summed E-state index contributed by atoms with van der Waals surface area (Å²) < 4.78 is 60.3. The molecule has 1 aromatic carbocycles. The molecule has 0 aliphatic heterocycles. The number of halogens is 2. The minimum Gasteiger partial charge on any atom is -0.453 e. The minimum absolute atomic E-state index is 0.0147. The van der Waals surface area contributed by atoms with Crippen LogP contribution in [-0.2, 0) is 26.1 Å². The highest BCUT2D eigenvalue weighted by Gasteiger charge is 2.48. The van der Waals surface area contributed by atoms with E-state index in [1.54, 1.807) is 30.5 Å². The molecule has 38 heavy (non-hydrogen) atoms. The number of methoxy groups -OCH3 is 1. The van der Waals surface area contributed by atoms with E-state index in [2.05, 4.69) is 20.4 Å². The molecule has 3 aromatic rings. The number of aliphatic hydroxyl groups excluding tert-OH is 1. The van der Waals surface area contributed by atoms with Gasteiger partial charge in [0.25, 0.3) is 0 Å². The van der Waals surface area contributed by atoms with Crippen LogP contribution in [0.1, 0.15) is 28.6 Å². The number of benzene rings is 1. The molecule has 2 amide bonds. The van der Waals surface area contributed by atoms with Crippen molar-refractivity contribution in [3.8, 4) is 0 Å². The number of H-pyrrole nitrogens is 1. The number of nitrogens with one attached hydrogen (secondary N) is 3. The van der Waals surface area contributed by atoms with Crippen LogP contribution in [0.3, 0.4) is 0 Å². The Bertz CT molecular complexity index is 1400. The molecule has 206 valence electrons. The Labute approximate surface area is 222 Å². The third kappa shape index (κ3) is 6.31. The Kier molecular flexibility index (Phi) is 8.35. The van der Waals surface area contributed by atoms with E-state index in [0.717, 1.165) is 9.69 Å². The van der Waals surface area contributed by atoms with Crippen LogP contribution in [-0.4, -0.2) is 67.5 Å². The van der Waals surface area contributed by atoms with E-state index in [9.17, 15) is 31.9 Å². The second-order valence-corrected chi connectivity index (χ2v) is 12.1. The van der Waals surface area contributed by atoms with Gasteiger partial charge in [0.05, 0.1) is 31.2 Å². The van der Waals surface area contributed by atoms with Gasteiger partial charge in [-0.25, -0.2) is 22.0 Å². The number of carbonyl (C=O) groups is 2. The van der Waals surface area contributed by atoms with Crippen LogP contribution in [0.15, 0.2) is 47.5 Å². The van der Waals surface area contributed by atoms with Gasteiger partial charge in [0.1, 0.15) is 6.54 Å². The molecule has 4 rings (SSSR count). The number of carbonyl (C=O) groups excluding carboxylic acids is 2. The molecule has 4 N–H and O–H groups in total. The minimum atomic E-state index is -4.18. The average molecular weight is 571 g/mol. The number of aromatic amines is 1. The molecule has 0 bridgehead atoms. The predicted octanol–water partition coefficient (Wildman–Crippen LogP) is 2.97. The molecule has 1 aliphatic carbocycles. The summed E-state index contributed by atoms with van der Waals surface area (Å²) >= 11 is 1.19. The quantitative estimate of drug-likeness (QED) is 0.279. The van der Waals surface area contributed by atoms with E-state index in [-0.39, 0.29) is 24.5 Å². The fourth-order valence-corrected chi connectivity index (χ4v) is 7.17. The van der Waals surface area contributed by atoms with Gasteiger partial charge in [0.2, 0.25) is 21.9 Å². The number of aliphatic hydroxyl groups is 1. The number of hydrogen-bond acceptors (Lipinski definition) is 7. The van der Waals surface area contributed by atoms with Crippen LogP contribution < -0.4 is 10.6 Å². The molecule has 0 spiro atoms. The van der Waals surface area contributed by atoms with Gasteiger partial charge in [-0.2, -0.15) is 4.31 Å². The monoisotopic (exact) mass is 570 g/mol. The first-order valence-electron chi connectivity index (χ1n) is 11.8. The van der Waals surface area contributed by atoms with Crippen LogP contribution in [0.5, 0.6) is 0 Å². The molecule has 10 nitrogen and oxygen atoms in total. The molecule has 14 heteroatoms. The Balaban J connectivity index is 1.55. The molecular weight excluding hydrogens is 542 g/mol. The van der Waals surface area contributed by atoms with Gasteiger partial charge >= 0.3 is 6.09 Å². The second kappa shape index (κ2) is 11.4. The number of rotatable bonds is 11. The number of aromatic nitrogens is 1. The third-order valence-electron chi connectivity index (χ3n) is 6.32. The number of amides is 2. The van der Waals surface area contributed by atoms with Gasteiger partial charge in [-0.3, -0.25) is 4.79 Å². The molecule has 1 fully saturated rings. The summed E-state index contributed by atoms with van der Waals surface area (Å²) in [5, 5.41) is 16.0. The Morgan fingerprint density at radius 2 is 2.00 bits per heavy atom. The van der Waals surface area contributed by atoms with E-state index < -0.39 is 59.4 Å². The molecule has 1 aliphatic rings. The van der Waals surface area contributed by atoms with Crippen molar-refractivity contribution in [1.29, 1.82) is 0 Å². The molecular formula is C24H28F2N4O6S2. The highest BCUT2D eigenvalue weighted by molar-refractivity contribution is 7.89. The molecule has 1 saturated carbocycles. The maximum atomic E-state index is 13.8. The summed E-state index contributed by atoms with van der Waals surface area (Å²) in [5.41, 5.74) is 0.609. The number of hydrogen-bond donors (Lipinski definition) is 4. The standard InChI is InChI=1S/C24H28F2N4O6S2/c1-36-23(33)29-12-22(32)28-11-17-3-5-21(37-17)20(14-31)30(13-15-9-24(25,26)10-15)38(34,35)18-4-2-16-6-7-27-19(16)8-18/h2-8,15,20,27,31H,9-14H2,1H3,(H,28,32)(H,29,33)/t20-/m1/s1. The maximum absolute atomic E-state index is 13.8. The maximum Gasteiger partial charge on any atom is 0.407 e. The summed E-state index contributed by atoms with van der Waals surface area (Å²) in [4.78, 5) is 27.2. The number of alkyl carbamates (subject to hydrolysis) is 1. The van der Waals surface area contributed by atoms with Crippen LogP contribution in [0.4, 0.5) is 13.6 Å². The first-order valence-corrected chi connectivity index (χ1v) is 14.0. The van der Waals surface area contributed by atoms with Crippen LogP contribution in [0.2, 0.25) is 0 Å². The van der Waals surface area contributed by atoms with E-state index in [4.69, 9.17) is 0 Å². The topological polar surface area (TPSA) is 141 Å². The SMILES string of the molecule is COC(=O)NCC(=O)NCc1ccc([C@@H](CO)N(CC2CC(F)(F)C2)S(=O)(=O)c2ccc3cc[nH]c3c2)s1. The lowest BCUT2D eigenvalue weighted by atomic mass is 9.81. The van der Waals surface area contributed by atoms with Crippen molar-refractivity contribution < 1.29 is 36.6 Å². The zero-order chi connectivity index (χ0) is 27.5. The van der Waals surface area contributed by atoms with Crippen molar-refractivity contribution in [2.75, 3.05) is 26.8 Å². The zero-order valence-electron chi connectivity index (χ0n) is 20.4. The lowest BCUT2D eigenvalue weighted by molar-refractivity contribution is -0.120. The summed E-state index contributed by atoms with van der Waals surface area (Å²) in [7, 11) is -3.00. The second-order valence-electron chi connectivity index (χ2n) is 9.06. The Hall–Kier alpha value is -3.07. The number of sulfonamides is 1. The van der Waals surface area contributed by atoms with Gasteiger partial charge < -0.3 is 25.5 Å². The van der Waals surface area contributed by atoms with E-state index in [0.29, 0.717) is 15.3 Å². The Morgan fingerprint density at radius 1 is 1.24 bits per heavy atom. The van der Waals surface area contributed by atoms with Crippen molar-refractivity contribution in [3.05, 3.63) is 52.3 Å². The molecule has 2 aromatic heterocycles. The van der Waals surface area contributed by atoms with Gasteiger partial charge in [0, 0.05) is 40.9 Å². The predicted molar refractivity (Wildman–Crippen MR) is 136 cm³/mol. The normalized spacial score (nSPS) is 16.2. The van der Waals surface area contributed by atoms with Gasteiger partial charge in [-0.05, 0) is 41.6 Å². The van der Waals surface area contributed by atoms with Crippen molar-refractivity contribution in [1.82, 2.24) is 19.9 Å². The van der Waals surface area contributed by atoms with Crippen LogP contribution >= 0.6 is 11.3 Å². The number of ether oxygens (including phenoxy) is 1. The smallest absolute Gasteiger partial charge is 0.407 e. The van der Waals surface area contributed by atoms with Crippen molar-refractivity contribution in [3.63, 3.8) is 0 Å². The molecule has 0 radical (unpaired) electrons. The first-order chi connectivity index (χ1) is 18.0. The summed E-state index contributed by atoms with van der Waals surface area (Å²) in [6.07, 6.45) is 0.0938. The van der Waals surface area contributed by atoms with Gasteiger partial charge in [-0.1, -0.05) is 6.07 Å². The summed E-state index contributed by atoms with van der Waals surface area (Å²) in [5.74, 6) is -3.84. The summed E-state index contributed by atoms with van der Waals surface area (Å²) in [6, 6.07) is 8.72. The fraction of sp³-hybridized carbons (Fsp3) is 0.417. The van der Waals surface area contributed by atoms with Crippen molar-refractivity contribution in [2.24, 2.45) is 5.92 Å². The van der Waals surface area contributed by atoms with Crippen molar-refractivity contribution in [2.45, 2.75) is 36.2 Å². The van der Waals surface area contributed by atoms with E-state index in [1.807, 2.05) is 0 Å². The molecule has 2 heterocycles. The number of nitrogens with zero attached hydrogens (tertiary/aromatic N) is 1. The average Bonchev–Trinajstić information content (AvgIpc) is 3.53. The van der Waals surface area contributed by atoms with Crippen molar-refractivity contribution >= 4 is 44.3 Å². The largest absolute Gasteiger partial charge is 0.453 e. The lowest BCUT2D eigenvalue weighted by Crippen LogP contribution is -2.46. The summed E-state index contributed by atoms with van der Waals surface area (Å²) in [6.45, 7) is -0.916. The highest BCUT2D eigenvalue weighted by Crippen LogP contribution is 2.44. The number of alkyl halides is 2. The zero-order valence-corrected chi connectivity index (χ0v) is 22.1. The highest BCUT2D eigenvalue weighted by atomic mass is 32.2. The van der Waals surface area contributed by atoms with Gasteiger partial charge in [0.15, 0.2) is 0 Å². The molecule has 1 atom stereocenters. The number of thiophene rings is 1. The lowest BCUT2D eigenvalue weighted by Gasteiger charge is -2.39. The number of fused-ring (bicyclic) bond motifs is 1. The van der Waals surface area contributed by atoms with E-state index >= 15 is 0 Å². The molecule has 0 unspecified atom stereocenters. The third-order valence-corrected chi connectivity index (χ3v) is 9.37. The first kappa shape index (κ1) is 28.0. The Morgan fingerprint density at radius 3 is 2.68 bits per heavy atom. The molecule has 0 saturated heterocycles. The van der Waals surface area contributed by atoms with E-state index in [1.165, 1.54) is 30.6 Å². The fourth-order valence-electron chi connectivity index (χ4n) is 4.35. The van der Waals surface area contributed by atoms with Crippen LogP contribution in [0.25, 0.3) is 10.9 Å². The van der Waals surface area contributed by atoms with Crippen LogP contribution in [0, 0.1) is 5.92 Å².